The number of nitrogens with zero attached hydrogens (tertiary/aromatic N) is 6. The third kappa shape index (κ3) is 5.37. The maximum absolute atomic E-state index is 13.5. The van der Waals surface area contributed by atoms with Crippen LogP contribution in [0.5, 0.6) is 0 Å². The summed E-state index contributed by atoms with van der Waals surface area (Å²) in [4.78, 5) is 24.5. The number of carbonyl (C=O) groups excluding carboxylic acids is 1. The number of amides is 1. The predicted molar refractivity (Wildman–Crippen MR) is 130 cm³/mol. The number of piperidine rings is 1. The molecule has 1 fully saturated rings. The molecule has 180 valence electrons. The lowest BCUT2D eigenvalue weighted by molar-refractivity contribution is 0.0725. The number of aromatic nitrogens is 2. The molecule has 1 amide bonds. The molecule has 1 aromatic carbocycles. The van der Waals surface area contributed by atoms with Crippen LogP contribution in [0.1, 0.15) is 66.8 Å². The van der Waals surface area contributed by atoms with E-state index < -0.39 is 0 Å². The average Bonchev–Trinajstić information content (AvgIpc) is 3.18. The van der Waals surface area contributed by atoms with Crippen LogP contribution in [0.25, 0.3) is 0 Å². The van der Waals surface area contributed by atoms with Crippen molar-refractivity contribution in [2.24, 2.45) is 5.41 Å². The van der Waals surface area contributed by atoms with E-state index in [-0.39, 0.29) is 17.1 Å². The second-order valence-corrected chi connectivity index (χ2v) is 10.4. The van der Waals surface area contributed by atoms with E-state index in [0.29, 0.717) is 30.4 Å². The number of hydrogen-bond donors (Lipinski definition) is 0. The Morgan fingerprint density at radius 3 is 2.53 bits per heavy atom. The van der Waals surface area contributed by atoms with Crippen molar-refractivity contribution in [2.45, 2.75) is 46.1 Å². The smallest absolute Gasteiger partial charge is 0.272 e. The first-order valence-corrected chi connectivity index (χ1v) is 12.0. The standard InChI is InChI=1S/C26H34N6O2/c1-26(2,3)18-32-24-22(16-28-23(15-27)29-24)17-31(32)25(33)21-7-5-19(6-8-21)20-9-11-30(12-10-20)13-14-34-4/h5-8,16,20H,9-14,17-18H2,1-4H3. The molecule has 8 nitrogen and oxygen atoms in total. The zero-order valence-electron chi connectivity index (χ0n) is 20.6. The topological polar surface area (TPSA) is 85.6 Å². The summed E-state index contributed by atoms with van der Waals surface area (Å²) in [6.07, 6.45) is 3.90. The number of likely N-dealkylation sites (tertiary alicyclic amines) is 1. The first kappa shape index (κ1) is 24.1. The molecule has 34 heavy (non-hydrogen) atoms. The van der Waals surface area contributed by atoms with Crippen LogP contribution in [-0.2, 0) is 11.3 Å². The van der Waals surface area contributed by atoms with Crippen molar-refractivity contribution in [2.75, 3.05) is 44.9 Å². The van der Waals surface area contributed by atoms with E-state index in [1.165, 1.54) is 5.56 Å². The highest BCUT2D eigenvalue weighted by atomic mass is 16.5. The minimum Gasteiger partial charge on any atom is -0.383 e. The van der Waals surface area contributed by atoms with Gasteiger partial charge in [0.15, 0.2) is 5.82 Å². The normalized spacial score (nSPS) is 17.0. The minimum atomic E-state index is -0.0696. The largest absolute Gasteiger partial charge is 0.383 e. The van der Waals surface area contributed by atoms with Gasteiger partial charge >= 0.3 is 0 Å². The number of benzene rings is 1. The van der Waals surface area contributed by atoms with Crippen molar-refractivity contribution in [1.82, 2.24) is 19.9 Å². The fourth-order valence-electron chi connectivity index (χ4n) is 4.70. The molecule has 0 atom stereocenters. The molecule has 0 aliphatic carbocycles. The van der Waals surface area contributed by atoms with E-state index in [1.807, 2.05) is 23.2 Å². The van der Waals surface area contributed by atoms with Gasteiger partial charge in [-0.25, -0.2) is 9.99 Å². The molecule has 3 heterocycles. The molecule has 2 aromatic rings. The molecule has 2 aliphatic rings. The zero-order valence-corrected chi connectivity index (χ0v) is 20.6. The van der Waals surface area contributed by atoms with E-state index in [2.05, 4.69) is 47.8 Å². The summed E-state index contributed by atoms with van der Waals surface area (Å²) >= 11 is 0. The number of hydrogen-bond acceptors (Lipinski definition) is 7. The van der Waals surface area contributed by atoms with Gasteiger partial charge in [0.1, 0.15) is 6.07 Å². The van der Waals surface area contributed by atoms with Gasteiger partial charge < -0.3 is 9.64 Å². The van der Waals surface area contributed by atoms with Crippen LogP contribution >= 0.6 is 0 Å². The third-order valence-electron chi connectivity index (χ3n) is 6.48. The van der Waals surface area contributed by atoms with Crippen molar-refractivity contribution in [3.05, 3.63) is 53.0 Å². The molecule has 0 saturated carbocycles. The highest BCUT2D eigenvalue weighted by molar-refractivity contribution is 5.95. The second-order valence-electron chi connectivity index (χ2n) is 10.4. The second kappa shape index (κ2) is 10.1. The van der Waals surface area contributed by atoms with Gasteiger partial charge in [-0.3, -0.25) is 9.80 Å². The van der Waals surface area contributed by atoms with E-state index in [4.69, 9.17) is 4.74 Å². The lowest BCUT2D eigenvalue weighted by atomic mass is 9.89. The van der Waals surface area contributed by atoms with Crippen LogP contribution in [0.2, 0.25) is 0 Å². The zero-order chi connectivity index (χ0) is 24.3. The van der Waals surface area contributed by atoms with Crippen LogP contribution < -0.4 is 5.01 Å². The molecule has 0 radical (unpaired) electrons. The first-order chi connectivity index (χ1) is 16.3. The highest BCUT2D eigenvalue weighted by Crippen LogP contribution is 2.34. The molecule has 0 unspecified atom stereocenters. The molecule has 0 spiro atoms. The number of anilines is 1. The first-order valence-electron chi connectivity index (χ1n) is 12.0. The number of carbonyl (C=O) groups is 1. The van der Waals surface area contributed by atoms with Crippen molar-refractivity contribution in [3.63, 3.8) is 0 Å². The van der Waals surface area contributed by atoms with Crippen molar-refractivity contribution in [3.8, 4) is 6.07 Å². The number of ether oxygens (including phenoxy) is 1. The summed E-state index contributed by atoms with van der Waals surface area (Å²) in [7, 11) is 1.75. The average molecular weight is 463 g/mol. The molecule has 2 aliphatic heterocycles. The Labute approximate surface area is 202 Å². The van der Waals surface area contributed by atoms with E-state index >= 15 is 0 Å². The van der Waals surface area contributed by atoms with Gasteiger partial charge in [-0.05, 0) is 55.0 Å². The maximum Gasteiger partial charge on any atom is 0.272 e. The Hall–Kier alpha value is -3.02. The maximum atomic E-state index is 13.5. The van der Waals surface area contributed by atoms with Crippen LogP contribution in [0, 0.1) is 16.7 Å². The summed E-state index contributed by atoms with van der Waals surface area (Å²) < 4.78 is 5.20. The predicted octanol–water partition coefficient (Wildman–Crippen LogP) is 3.60. The molecule has 1 saturated heterocycles. The molecule has 8 heteroatoms. The molecule has 0 N–H and O–H groups in total. The fraction of sp³-hybridized carbons (Fsp3) is 0.538. The van der Waals surface area contributed by atoms with Gasteiger partial charge in [-0.2, -0.15) is 10.2 Å². The number of nitriles is 1. The monoisotopic (exact) mass is 462 g/mol. The van der Waals surface area contributed by atoms with E-state index in [9.17, 15) is 10.1 Å². The molecule has 4 rings (SSSR count). The number of fused-ring (bicyclic) bond motifs is 1. The minimum absolute atomic E-state index is 0.0679. The molecule has 0 bridgehead atoms. The van der Waals surface area contributed by atoms with Gasteiger partial charge in [0.05, 0.1) is 13.2 Å². The quantitative estimate of drug-likeness (QED) is 0.648. The van der Waals surface area contributed by atoms with Crippen LogP contribution in [0.3, 0.4) is 0 Å². The van der Waals surface area contributed by atoms with Gasteiger partial charge in [0.25, 0.3) is 5.91 Å². The Bertz CT molecular complexity index is 1050. The summed E-state index contributed by atoms with van der Waals surface area (Å²) in [5.74, 6) is 1.22. The van der Waals surface area contributed by atoms with Crippen LogP contribution in [-0.4, -0.2) is 65.7 Å². The summed E-state index contributed by atoms with van der Waals surface area (Å²) in [5, 5.41) is 12.9. The Morgan fingerprint density at radius 1 is 1.21 bits per heavy atom. The van der Waals surface area contributed by atoms with Gasteiger partial charge in [0, 0.05) is 37.5 Å². The molecular formula is C26H34N6O2. The van der Waals surface area contributed by atoms with E-state index in [0.717, 1.165) is 44.6 Å². The summed E-state index contributed by atoms with van der Waals surface area (Å²) in [6, 6.07) is 10.1. The molecule has 1 aromatic heterocycles. The number of hydrazine groups is 1. The van der Waals surface area contributed by atoms with Gasteiger partial charge in [-0.1, -0.05) is 32.9 Å². The SMILES string of the molecule is COCCN1CCC(c2ccc(C(=O)N3Cc4cnc(C#N)nc4N3CC(C)(C)C)cc2)CC1. The van der Waals surface area contributed by atoms with Crippen molar-refractivity contribution >= 4 is 11.7 Å². The van der Waals surface area contributed by atoms with Crippen LogP contribution in [0.15, 0.2) is 30.5 Å². The Balaban J connectivity index is 1.48. The third-order valence-corrected chi connectivity index (χ3v) is 6.48. The van der Waals surface area contributed by atoms with Crippen LogP contribution in [0.4, 0.5) is 5.82 Å². The number of rotatable bonds is 6. The number of methoxy groups -OCH3 is 1. The molecular weight excluding hydrogens is 428 g/mol. The van der Waals surface area contributed by atoms with E-state index in [1.54, 1.807) is 18.3 Å². The van der Waals surface area contributed by atoms with Gasteiger partial charge in [0.2, 0.25) is 5.82 Å². The lowest BCUT2D eigenvalue weighted by Crippen LogP contribution is -2.46. The van der Waals surface area contributed by atoms with Crippen molar-refractivity contribution in [1.29, 1.82) is 5.26 Å². The highest BCUT2D eigenvalue weighted by Gasteiger charge is 2.36. The fourth-order valence-corrected chi connectivity index (χ4v) is 4.70. The van der Waals surface area contributed by atoms with Crippen molar-refractivity contribution < 1.29 is 9.53 Å². The van der Waals surface area contributed by atoms with Gasteiger partial charge in [-0.15, -0.1) is 0 Å². The summed E-state index contributed by atoms with van der Waals surface area (Å²) in [5.41, 5.74) is 2.73. The Kier molecular flexibility index (Phi) is 7.15. The Morgan fingerprint density at radius 2 is 1.91 bits per heavy atom. The summed E-state index contributed by atoms with van der Waals surface area (Å²) in [6.45, 7) is 11.3. The lowest BCUT2D eigenvalue weighted by Gasteiger charge is -2.34.